The van der Waals surface area contributed by atoms with Crippen LogP contribution in [0.4, 0.5) is 5.82 Å². The number of benzene rings is 1. The second-order valence-corrected chi connectivity index (χ2v) is 8.31. The number of rotatable bonds is 3. The van der Waals surface area contributed by atoms with Crippen molar-refractivity contribution in [3.63, 3.8) is 0 Å². The van der Waals surface area contributed by atoms with Gasteiger partial charge < -0.3 is 5.73 Å². The number of sulfone groups is 2. The van der Waals surface area contributed by atoms with Crippen LogP contribution in [0, 0.1) is 0 Å². The summed E-state index contributed by atoms with van der Waals surface area (Å²) in [6, 6.07) is 4.21. The highest BCUT2D eigenvalue weighted by Gasteiger charge is 2.25. The Hall–Kier alpha value is -1.87. The minimum Gasteiger partial charge on any atom is -0.384 e. The van der Waals surface area contributed by atoms with Crippen molar-refractivity contribution in [1.82, 2.24) is 10.2 Å². The third-order valence-corrected chi connectivity index (χ3v) is 5.16. The summed E-state index contributed by atoms with van der Waals surface area (Å²) in [6.45, 7) is 0. The Balaban J connectivity index is 2.95. The highest BCUT2D eigenvalue weighted by atomic mass is 32.2. The molecule has 2 aromatic rings. The number of nitrogens with zero attached hydrogens (tertiary/aromatic N) is 1. The molecule has 3 N–H and O–H groups in total. The summed E-state index contributed by atoms with van der Waals surface area (Å²) in [4.78, 5) is -0.520. The van der Waals surface area contributed by atoms with Crippen LogP contribution in [0.3, 0.4) is 0 Å². The van der Waals surface area contributed by atoms with E-state index in [0.29, 0.717) is 5.56 Å². The number of anilines is 1. The average Bonchev–Trinajstić information content (AvgIpc) is 2.72. The van der Waals surface area contributed by atoms with E-state index in [0.717, 1.165) is 12.5 Å². The van der Waals surface area contributed by atoms with E-state index in [4.69, 9.17) is 5.73 Å². The molecule has 0 saturated heterocycles. The van der Waals surface area contributed by atoms with E-state index in [1.54, 1.807) is 0 Å². The Morgan fingerprint density at radius 2 is 1.70 bits per heavy atom. The Labute approximate surface area is 116 Å². The van der Waals surface area contributed by atoms with Crippen LogP contribution in [-0.2, 0) is 19.7 Å². The van der Waals surface area contributed by atoms with Crippen molar-refractivity contribution < 1.29 is 16.8 Å². The molecule has 2 rings (SSSR count). The molecule has 1 aromatic carbocycles. The van der Waals surface area contributed by atoms with Gasteiger partial charge >= 0.3 is 0 Å². The van der Waals surface area contributed by atoms with Gasteiger partial charge in [0.15, 0.2) is 19.7 Å². The van der Waals surface area contributed by atoms with E-state index in [2.05, 4.69) is 10.2 Å². The van der Waals surface area contributed by atoms with Crippen molar-refractivity contribution in [3.8, 4) is 11.1 Å². The monoisotopic (exact) mass is 315 g/mol. The van der Waals surface area contributed by atoms with E-state index in [1.807, 2.05) is 0 Å². The molecule has 0 fully saturated rings. The van der Waals surface area contributed by atoms with E-state index < -0.39 is 19.7 Å². The molecule has 0 saturated carbocycles. The first-order valence-corrected chi connectivity index (χ1v) is 9.23. The minimum absolute atomic E-state index is 0.167. The molecule has 0 aliphatic rings. The first-order valence-electron chi connectivity index (χ1n) is 5.44. The number of H-pyrrole nitrogens is 1. The fourth-order valence-electron chi connectivity index (χ4n) is 1.91. The van der Waals surface area contributed by atoms with Crippen LogP contribution in [0.5, 0.6) is 0 Å². The van der Waals surface area contributed by atoms with Gasteiger partial charge in [-0.3, -0.25) is 5.10 Å². The molecule has 1 aromatic heterocycles. The molecule has 1 heterocycles. The van der Waals surface area contributed by atoms with Crippen LogP contribution in [-0.4, -0.2) is 39.5 Å². The van der Waals surface area contributed by atoms with Crippen LogP contribution in [0.2, 0.25) is 0 Å². The zero-order valence-electron chi connectivity index (χ0n) is 10.8. The predicted molar refractivity (Wildman–Crippen MR) is 74.7 cm³/mol. The fourth-order valence-corrected chi connectivity index (χ4v) is 4.60. The van der Waals surface area contributed by atoms with Gasteiger partial charge in [0.05, 0.1) is 16.0 Å². The van der Waals surface area contributed by atoms with Crippen molar-refractivity contribution >= 4 is 25.5 Å². The summed E-state index contributed by atoms with van der Waals surface area (Å²) in [5, 5.41) is 6.21. The quantitative estimate of drug-likeness (QED) is 0.848. The largest absolute Gasteiger partial charge is 0.384 e. The predicted octanol–water partition coefficient (Wildman–Crippen LogP) is 0.466. The number of nitrogens with one attached hydrogen (secondary N) is 1. The number of hydrogen-bond acceptors (Lipinski definition) is 6. The first-order chi connectivity index (χ1) is 9.12. The van der Waals surface area contributed by atoms with Crippen LogP contribution < -0.4 is 5.73 Å². The average molecular weight is 315 g/mol. The molecule has 20 heavy (non-hydrogen) atoms. The zero-order valence-corrected chi connectivity index (χ0v) is 12.4. The zero-order chi connectivity index (χ0) is 15.1. The molecule has 0 atom stereocenters. The van der Waals surface area contributed by atoms with Gasteiger partial charge in [-0.25, -0.2) is 16.8 Å². The second kappa shape index (κ2) is 4.60. The summed E-state index contributed by atoms with van der Waals surface area (Å²) in [5.74, 6) is 0.167. The Kier molecular flexibility index (Phi) is 3.34. The molecule has 0 aliphatic heterocycles. The third-order valence-electron chi connectivity index (χ3n) is 2.71. The van der Waals surface area contributed by atoms with Gasteiger partial charge in [-0.05, 0) is 6.07 Å². The van der Waals surface area contributed by atoms with Gasteiger partial charge in [-0.1, -0.05) is 12.1 Å². The number of hydrogen-bond donors (Lipinski definition) is 2. The standard InChI is InChI=1S/C11H13N3O4S2/c1-19(15,16)9-5-3-4-7(10(9)20(2,17)18)8-6-13-14-11(8)12/h3-6H,1-2H3,(H3,12,13,14). The SMILES string of the molecule is CS(=O)(=O)c1cccc(-c2cn[nH]c2N)c1S(C)(=O)=O. The molecular weight excluding hydrogens is 302 g/mol. The molecule has 0 bridgehead atoms. The van der Waals surface area contributed by atoms with Crippen LogP contribution in [0.1, 0.15) is 0 Å². The maximum atomic E-state index is 12.0. The van der Waals surface area contributed by atoms with Gasteiger partial charge in [0.2, 0.25) is 0 Å². The maximum absolute atomic E-state index is 12.0. The summed E-state index contributed by atoms with van der Waals surface area (Å²) in [5.41, 5.74) is 6.23. The van der Waals surface area contributed by atoms with E-state index in [1.165, 1.54) is 24.4 Å². The topological polar surface area (TPSA) is 123 Å². The van der Waals surface area contributed by atoms with Gasteiger partial charge in [0.1, 0.15) is 5.82 Å². The lowest BCUT2D eigenvalue weighted by Crippen LogP contribution is -2.09. The molecule has 108 valence electrons. The molecule has 0 aliphatic carbocycles. The molecule has 0 unspecified atom stereocenters. The second-order valence-electron chi connectivity index (χ2n) is 4.37. The summed E-state index contributed by atoms with van der Waals surface area (Å²) in [6.07, 6.45) is 3.27. The van der Waals surface area contributed by atoms with E-state index >= 15 is 0 Å². The molecule has 9 heteroatoms. The van der Waals surface area contributed by atoms with Crippen molar-refractivity contribution in [2.24, 2.45) is 0 Å². The molecule has 0 radical (unpaired) electrons. The van der Waals surface area contributed by atoms with Crippen molar-refractivity contribution in [2.75, 3.05) is 18.2 Å². The van der Waals surface area contributed by atoms with Crippen LogP contribution in [0.25, 0.3) is 11.1 Å². The number of aromatic amines is 1. The normalized spacial score (nSPS) is 12.5. The Morgan fingerprint density at radius 1 is 1.05 bits per heavy atom. The van der Waals surface area contributed by atoms with Gasteiger partial charge in [0, 0.05) is 23.6 Å². The molecule has 0 amide bonds. The number of aromatic nitrogens is 2. The maximum Gasteiger partial charge on any atom is 0.177 e. The fraction of sp³-hybridized carbons (Fsp3) is 0.182. The van der Waals surface area contributed by atoms with Crippen molar-refractivity contribution in [3.05, 3.63) is 24.4 Å². The highest BCUT2D eigenvalue weighted by Crippen LogP contribution is 2.34. The van der Waals surface area contributed by atoms with Gasteiger partial charge in [-0.15, -0.1) is 0 Å². The van der Waals surface area contributed by atoms with Gasteiger partial charge in [-0.2, -0.15) is 5.10 Å². The minimum atomic E-state index is -3.77. The van der Waals surface area contributed by atoms with E-state index in [9.17, 15) is 16.8 Å². The highest BCUT2D eigenvalue weighted by molar-refractivity contribution is 7.93. The van der Waals surface area contributed by atoms with Crippen molar-refractivity contribution in [2.45, 2.75) is 9.79 Å². The van der Waals surface area contributed by atoms with Crippen LogP contribution in [0.15, 0.2) is 34.2 Å². The summed E-state index contributed by atoms with van der Waals surface area (Å²) in [7, 11) is -7.46. The Morgan fingerprint density at radius 3 is 2.15 bits per heavy atom. The smallest absolute Gasteiger partial charge is 0.177 e. The lowest BCUT2D eigenvalue weighted by Gasteiger charge is -2.11. The third kappa shape index (κ3) is 2.54. The molecule has 7 nitrogen and oxygen atoms in total. The number of nitrogen functional groups attached to an aromatic ring is 1. The molecular formula is C11H13N3O4S2. The van der Waals surface area contributed by atoms with Gasteiger partial charge in [0.25, 0.3) is 0 Å². The van der Waals surface area contributed by atoms with Crippen LogP contribution >= 0.6 is 0 Å². The van der Waals surface area contributed by atoms with E-state index in [-0.39, 0.29) is 21.2 Å². The summed E-state index contributed by atoms with van der Waals surface area (Å²) >= 11 is 0. The first kappa shape index (κ1) is 14.5. The molecule has 0 spiro atoms. The summed E-state index contributed by atoms with van der Waals surface area (Å²) < 4.78 is 47.6. The number of nitrogens with two attached hydrogens (primary N) is 1. The van der Waals surface area contributed by atoms with Crippen molar-refractivity contribution in [1.29, 1.82) is 0 Å². The lowest BCUT2D eigenvalue weighted by molar-refractivity contribution is 0.589. The lowest BCUT2D eigenvalue weighted by atomic mass is 10.1. The Bertz CT molecular complexity index is 867.